The number of likely N-dealkylation sites (tertiary alicyclic amines) is 1. The number of aromatic nitrogens is 3. The molecule has 140 valence electrons. The Morgan fingerprint density at radius 3 is 2.59 bits per heavy atom. The molecule has 0 spiro atoms. The second-order valence-electron chi connectivity index (χ2n) is 7.12. The van der Waals surface area contributed by atoms with Crippen molar-refractivity contribution in [3.05, 3.63) is 70.9 Å². The van der Waals surface area contributed by atoms with Crippen molar-refractivity contribution in [2.45, 2.75) is 45.8 Å². The Hall–Kier alpha value is -2.73. The summed E-state index contributed by atoms with van der Waals surface area (Å²) in [6.45, 7) is 6.66. The van der Waals surface area contributed by atoms with Gasteiger partial charge in [0.2, 0.25) is 5.95 Å². The summed E-state index contributed by atoms with van der Waals surface area (Å²) in [6, 6.07) is 10.6. The van der Waals surface area contributed by atoms with Crippen LogP contribution in [0.3, 0.4) is 0 Å². The summed E-state index contributed by atoms with van der Waals surface area (Å²) < 4.78 is 5.38. The normalized spacial score (nSPS) is 17.3. The predicted octanol–water partition coefficient (Wildman–Crippen LogP) is 4.03. The summed E-state index contributed by atoms with van der Waals surface area (Å²) in [7, 11) is 0. The monoisotopic (exact) mass is 363 g/mol. The van der Waals surface area contributed by atoms with Crippen LogP contribution in [0.15, 0.2) is 47.2 Å². The van der Waals surface area contributed by atoms with Crippen LogP contribution in [0.2, 0.25) is 0 Å². The summed E-state index contributed by atoms with van der Waals surface area (Å²) in [6.07, 6.45) is 6.17. The molecule has 1 atom stereocenters. The standard InChI is InChI=1S/C21H25N5O/c1-15-20(16(2)27-25-15)19-9-6-10-26(19)14-18-12-23-21(24-13-18)22-11-17-7-4-3-5-8-17/h3-5,7-8,12-13,19H,6,9-11,14H2,1-2H3,(H,22,23,24). The molecule has 3 heterocycles. The van der Waals surface area contributed by atoms with Crippen molar-refractivity contribution in [1.82, 2.24) is 20.0 Å². The van der Waals surface area contributed by atoms with Crippen molar-refractivity contribution in [1.29, 1.82) is 0 Å². The Labute approximate surface area is 159 Å². The molecule has 6 nitrogen and oxygen atoms in total. The highest BCUT2D eigenvalue weighted by molar-refractivity contribution is 5.29. The lowest BCUT2D eigenvalue weighted by atomic mass is 10.0. The molecule has 1 N–H and O–H groups in total. The van der Waals surface area contributed by atoms with Gasteiger partial charge in [0.1, 0.15) is 5.76 Å². The molecule has 0 saturated carbocycles. The predicted molar refractivity (Wildman–Crippen MR) is 104 cm³/mol. The summed E-state index contributed by atoms with van der Waals surface area (Å²) in [5.41, 5.74) is 4.58. The van der Waals surface area contributed by atoms with E-state index in [4.69, 9.17) is 4.52 Å². The van der Waals surface area contributed by atoms with Crippen LogP contribution in [0.4, 0.5) is 5.95 Å². The highest BCUT2D eigenvalue weighted by atomic mass is 16.5. The lowest BCUT2D eigenvalue weighted by Crippen LogP contribution is -2.23. The van der Waals surface area contributed by atoms with E-state index in [0.29, 0.717) is 12.0 Å². The van der Waals surface area contributed by atoms with E-state index in [2.05, 4.69) is 37.5 Å². The van der Waals surface area contributed by atoms with E-state index in [-0.39, 0.29) is 0 Å². The second kappa shape index (κ2) is 7.88. The van der Waals surface area contributed by atoms with Gasteiger partial charge >= 0.3 is 0 Å². The molecule has 0 radical (unpaired) electrons. The average Bonchev–Trinajstić information content (AvgIpc) is 3.27. The Morgan fingerprint density at radius 2 is 1.89 bits per heavy atom. The van der Waals surface area contributed by atoms with E-state index in [1.807, 2.05) is 44.4 Å². The number of hydrogen-bond donors (Lipinski definition) is 1. The van der Waals surface area contributed by atoms with Gasteiger partial charge in [0.15, 0.2) is 0 Å². The minimum absolute atomic E-state index is 0.368. The average molecular weight is 363 g/mol. The number of hydrogen-bond acceptors (Lipinski definition) is 6. The van der Waals surface area contributed by atoms with Crippen LogP contribution in [-0.4, -0.2) is 26.6 Å². The maximum atomic E-state index is 5.38. The van der Waals surface area contributed by atoms with E-state index in [1.165, 1.54) is 17.5 Å². The molecule has 3 aromatic rings. The quantitative estimate of drug-likeness (QED) is 0.713. The van der Waals surface area contributed by atoms with Crippen LogP contribution < -0.4 is 5.32 Å². The SMILES string of the molecule is Cc1noc(C)c1C1CCCN1Cc1cnc(NCc2ccccc2)nc1. The van der Waals surface area contributed by atoms with Crippen molar-refractivity contribution < 1.29 is 4.52 Å². The Morgan fingerprint density at radius 1 is 1.11 bits per heavy atom. The zero-order valence-electron chi connectivity index (χ0n) is 15.9. The third-order valence-electron chi connectivity index (χ3n) is 5.17. The molecule has 0 aliphatic carbocycles. The van der Waals surface area contributed by atoms with E-state index in [9.17, 15) is 0 Å². The number of nitrogens with zero attached hydrogens (tertiary/aromatic N) is 4. The van der Waals surface area contributed by atoms with Gasteiger partial charge in [-0.15, -0.1) is 0 Å². The van der Waals surface area contributed by atoms with Crippen LogP contribution in [0.25, 0.3) is 0 Å². The maximum Gasteiger partial charge on any atom is 0.222 e. The lowest BCUT2D eigenvalue weighted by molar-refractivity contribution is 0.245. The Balaban J connectivity index is 1.39. The summed E-state index contributed by atoms with van der Waals surface area (Å²) in [5, 5.41) is 7.40. The first kappa shape index (κ1) is 17.7. The summed E-state index contributed by atoms with van der Waals surface area (Å²) >= 11 is 0. The van der Waals surface area contributed by atoms with Crippen molar-refractivity contribution in [3.8, 4) is 0 Å². The second-order valence-corrected chi connectivity index (χ2v) is 7.12. The molecule has 1 aliphatic heterocycles. The third-order valence-corrected chi connectivity index (χ3v) is 5.17. The van der Waals surface area contributed by atoms with Gasteiger partial charge in [0.05, 0.1) is 5.69 Å². The molecule has 6 heteroatoms. The number of aryl methyl sites for hydroxylation is 2. The summed E-state index contributed by atoms with van der Waals surface area (Å²) in [5.74, 6) is 1.59. The fourth-order valence-corrected chi connectivity index (χ4v) is 3.85. The van der Waals surface area contributed by atoms with Gasteiger partial charge in [0, 0.05) is 42.7 Å². The van der Waals surface area contributed by atoms with Crippen LogP contribution in [0.5, 0.6) is 0 Å². The van der Waals surface area contributed by atoms with Gasteiger partial charge in [-0.05, 0) is 38.8 Å². The fourth-order valence-electron chi connectivity index (χ4n) is 3.85. The van der Waals surface area contributed by atoms with Gasteiger partial charge < -0.3 is 9.84 Å². The largest absolute Gasteiger partial charge is 0.361 e. The van der Waals surface area contributed by atoms with E-state index < -0.39 is 0 Å². The fraction of sp³-hybridized carbons (Fsp3) is 0.381. The van der Waals surface area contributed by atoms with Crippen LogP contribution >= 0.6 is 0 Å². The van der Waals surface area contributed by atoms with Crippen molar-refractivity contribution in [2.24, 2.45) is 0 Å². The van der Waals surface area contributed by atoms with E-state index >= 15 is 0 Å². The lowest BCUT2D eigenvalue weighted by Gasteiger charge is -2.24. The highest BCUT2D eigenvalue weighted by Gasteiger charge is 2.30. The van der Waals surface area contributed by atoms with Gasteiger partial charge in [-0.25, -0.2) is 9.97 Å². The Kier molecular flexibility index (Phi) is 5.16. The number of nitrogens with one attached hydrogen (secondary N) is 1. The van der Waals surface area contributed by atoms with Crippen molar-refractivity contribution in [2.75, 3.05) is 11.9 Å². The first-order valence-electron chi connectivity index (χ1n) is 9.46. The molecule has 4 rings (SSSR count). The minimum Gasteiger partial charge on any atom is -0.361 e. The van der Waals surface area contributed by atoms with Crippen molar-refractivity contribution in [3.63, 3.8) is 0 Å². The molecule has 1 aromatic carbocycles. The smallest absolute Gasteiger partial charge is 0.222 e. The third kappa shape index (κ3) is 4.01. The first-order valence-corrected chi connectivity index (χ1v) is 9.46. The molecule has 1 fully saturated rings. The van der Waals surface area contributed by atoms with Gasteiger partial charge in [-0.2, -0.15) is 0 Å². The molecule has 1 saturated heterocycles. The van der Waals surface area contributed by atoms with Crippen molar-refractivity contribution >= 4 is 5.95 Å². The molecule has 2 aromatic heterocycles. The molecule has 0 bridgehead atoms. The van der Waals surface area contributed by atoms with Gasteiger partial charge in [-0.1, -0.05) is 35.5 Å². The molecular formula is C21H25N5O. The molecule has 27 heavy (non-hydrogen) atoms. The van der Waals surface area contributed by atoms with Gasteiger partial charge in [-0.3, -0.25) is 4.90 Å². The zero-order chi connectivity index (χ0) is 18.6. The molecule has 1 unspecified atom stereocenters. The van der Waals surface area contributed by atoms with Crippen LogP contribution in [0.1, 0.15) is 47.0 Å². The molecule has 1 aliphatic rings. The zero-order valence-corrected chi connectivity index (χ0v) is 15.9. The van der Waals surface area contributed by atoms with Gasteiger partial charge in [0.25, 0.3) is 0 Å². The van der Waals surface area contributed by atoms with Crippen LogP contribution in [0, 0.1) is 13.8 Å². The maximum absolute atomic E-state index is 5.38. The minimum atomic E-state index is 0.368. The topological polar surface area (TPSA) is 67.1 Å². The molecule has 0 amide bonds. The number of benzene rings is 1. The van der Waals surface area contributed by atoms with Crippen LogP contribution in [-0.2, 0) is 13.1 Å². The summed E-state index contributed by atoms with van der Waals surface area (Å²) in [4.78, 5) is 11.4. The highest BCUT2D eigenvalue weighted by Crippen LogP contribution is 2.36. The first-order chi connectivity index (χ1) is 13.2. The van der Waals surface area contributed by atoms with E-state index in [1.54, 1.807) is 0 Å². The van der Waals surface area contributed by atoms with E-state index in [0.717, 1.165) is 43.1 Å². The molecular weight excluding hydrogens is 338 g/mol. The Bertz CT molecular complexity index is 856. The number of rotatable bonds is 6. The number of anilines is 1.